The van der Waals surface area contributed by atoms with E-state index in [0.29, 0.717) is 22.6 Å². The van der Waals surface area contributed by atoms with Gasteiger partial charge in [-0.15, -0.1) is 0 Å². The van der Waals surface area contributed by atoms with Gasteiger partial charge in [0, 0.05) is 30.4 Å². The highest BCUT2D eigenvalue weighted by Gasteiger charge is 2.03. The first-order valence-electron chi connectivity index (χ1n) is 4.99. The number of aromatic nitrogens is 3. The lowest BCUT2D eigenvalue weighted by Crippen LogP contribution is -2.13. The van der Waals surface area contributed by atoms with E-state index in [2.05, 4.69) is 15.0 Å². The molecular weight excluding hydrogens is 238 g/mol. The molecule has 0 aliphatic heterocycles. The zero-order chi connectivity index (χ0) is 12.3. The molecule has 0 amide bonds. The van der Waals surface area contributed by atoms with Crippen LogP contribution in [0.3, 0.4) is 0 Å². The maximum Gasteiger partial charge on any atom is 0.255 e. The molecule has 5 nitrogen and oxygen atoms in total. The van der Waals surface area contributed by atoms with Crippen molar-refractivity contribution in [3.8, 4) is 5.88 Å². The molecule has 2 aromatic heterocycles. The number of rotatable bonds is 3. The number of hydrogen-bond acceptors (Lipinski definition) is 4. The fraction of sp³-hybridized carbons (Fsp3) is 0.182. The van der Waals surface area contributed by atoms with E-state index in [4.69, 9.17) is 17.0 Å². The SMILES string of the molecule is COc1cc(Cc2c[nH]c(=S)[nH]c2=O)ccn1. The van der Waals surface area contributed by atoms with Crippen LogP contribution in [-0.2, 0) is 6.42 Å². The van der Waals surface area contributed by atoms with E-state index >= 15 is 0 Å². The summed E-state index contributed by atoms with van der Waals surface area (Å²) in [7, 11) is 1.55. The summed E-state index contributed by atoms with van der Waals surface area (Å²) < 4.78 is 5.35. The van der Waals surface area contributed by atoms with Gasteiger partial charge in [0.05, 0.1) is 7.11 Å². The van der Waals surface area contributed by atoms with Crippen LogP contribution in [0.25, 0.3) is 0 Å². The Morgan fingerprint density at radius 2 is 2.35 bits per heavy atom. The second-order valence-electron chi connectivity index (χ2n) is 3.48. The Morgan fingerprint density at radius 1 is 1.53 bits per heavy atom. The molecule has 17 heavy (non-hydrogen) atoms. The normalized spacial score (nSPS) is 10.2. The molecule has 0 spiro atoms. The number of ether oxygens (including phenoxy) is 1. The fourth-order valence-corrected chi connectivity index (χ4v) is 1.61. The molecule has 0 saturated heterocycles. The number of aromatic amines is 2. The molecule has 0 atom stereocenters. The van der Waals surface area contributed by atoms with Crippen LogP contribution >= 0.6 is 12.2 Å². The molecule has 0 aliphatic rings. The maximum atomic E-state index is 11.6. The molecule has 0 aromatic carbocycles. The number of nitrogens with one attached hydrogen (secondary N) is 2. The summed E-state index contributed by atoms with van der Waals surface area (Å²) in [5, 5.41) is 0. The van der Waals surface area contributed by atoms with Gasteiger partial charge in [-0.1, -0.05) is 0 Å². The summed E-state index contributed by atoms with van der Waals surface area (Å²) in [6.45, 7) is 0. The average molecular weight is 249 g/mol. The van der Waals surface area contributed by atoms with E-state index in [1.54, 1.807) is 25.6 Å². The van der Waals surface area contributed by atoms with E-state index < -0.39 is 0 Å². The van der Waals surface area contributed by atoms with Crippen molar-refractivity contribution < 1.29 is 4.74 Å². The van der Waals surface area contributed by atoms with Gasteiger partial charge in [-0.2, -0.15) is 0 Å². The smallest absolute Gasteiger partial charge is 0.255 e. The fourth-order valence-electron chi connectivity index (χ4n) is 1.46. The van der Waals surface area contributed by atoms with Crippen molar-refractivity contribution in [3.63, 3.8) is 0 Å². The van der Waals surface area contributed by atoms with Crippen LogP contribution in [0.15, 0.2) is 29.3 Å². The van der Waals surface area contributed by atoms with Gasteiger partial charge in [0.2, 0.25) is 5.88 Å². The second kappa shape index (κ2) is 4.92. The quantitative estimate of drug-likeness (QED) is 0.807. The van der Waals surface area contributed by atoms with Crippen molar-refractivity contribution >= 4 is 12.2 Å². The molecule has 2 heterocycles. The monoisotopic (exact) mass is 249 g/mol. The lowest BCUT2D eigenvalue weighted by molar-refractivity contribution is 0.397. The molecule has 0 fully saturated rings. The number of H-pyrrole nitrogens is 2. The summed E-state index contributed by atoms with van der Waals surface area (Å²) in [6, 6.07) is 3.63. The predicted molar refractivity (Wildman–Crippen MR) is 65.8 cm³/mol. The average Bonchev–Trinajstić information content (AvgIpc) is 2.33. The minimum absolute atomic E-state index is 0.176. The number of hydrogen-bond donors (Lipinski definition) is 2. The molecule has 0 unspecified atom stereocenters. The molecular formula is C11H11N3O2S. The molecule has 0 saturated carbocycles. The highest BCUT2D eigenvalue weighted by Crippen LogP contribution is 2.11. The lowest BCUT2D eigenvalue weighted by atomic mass is 10.1. The van der Waals surface area contributed by atoms with Gasteiger partial charge in [-0.25, -0.2) is 4.98 Å². The van der Waals surface area contributed by atoms with E-state index in [1.807, 2.05) is 6.07 Å². The van der Waals surface area contributed by atoms with Gasteiger partial charge < -0.3 is 9.72 Å². The number of methoxy groups -OCH3 is 1. The molecule has 6 heteroatoms. The maximum absolute atomic E-state index is 11.6. The Hall–Kier alpha value is -1.95. The van der Waals surface area contributed by atoms with Gasteiger partial charge >= 0.3 is 0 Å². The minimum Gasteiger partial charge on any atom is -0.481 e. The topological polar surface area (TPSA) is 70.8 Å². The molecule has 0 radical (unpaired) electrons. The van der Waals surface area contributed by atoms with Crippen LogP contribution in [0.2, 0.25) is 0 Å². The molecule has 88 valence electrons. The summed E-state index contributed by atoms with van der Waals surface area (Å²) in [4.78, 5) is 21.0. The first-order chi connectivity index (χ1) is 8.19. The van der Waals surface area contributed by atoms with Crippen molar-refractivity contribution in [1.82, 2.24) is 15.0 Å². The van der Waals surface area contributed by atoms with Crippen LogP contribution in [0, 0.1) is 4.77 Å². The van der Waals surface area contributed by atoms with Gasteiger partial charge in [-0.3, -0.25) is 9.78 Å². The number of nitrogens with zero attached hydrogens (tertiary/aromatic N) is 1. The third-order valence-electron chi connectivity index (χ3n) is 2.30. The van der Waals surface area contributed by atoms with Crippen molar-refractivity contribution in [2.45, 2.75) is 6.42 Å². The van der Waals surface area contributed by atoms with Crippen molar-refractivity contribution in [2.75, 3.05) is 7.11 Å². The van der Waals surface area contributed by atoms with Gasteiger partial charge in [0.15, 0.2) is 4.77 Å². The zero-order valence-corrected chi connectivity index (χ0v) is 10.0. The first kappa shape index (κ1) is 11.5. The van der Waals surface area contributed by atoms with Crippen molar-refractivity contribution in [3.05, 3.63) is 50.8 Å². The van der Waals surface area contributed by atoms with Gasteiger partial charge in [-0.05, 0) is 23.8 Å². The Balaban J connectivity index is 2.31. The minimum atomic E-state index is -0.176. The lowest BCUT2D eigenvalue weighted by Gasteiger charge is -2.03. The molecule has 0 bridgehead atoms. The van der Waals surface area contributed by atoms with Gasteiger partial charge in [0.1, 0.15) is 0 Å². The van der Waals surface area contributed by atoms with Crippen molar-refractivity contribution in [1.29, 1.82) is 0 Å². The predicted octanol–water partition coefficient (Wildman–Crippen LogP) is 1.43. The molecule has 2 N–H and O–H groups in total. The summed E-state index contributed by atoms with van der Waals surface area (Å²) in [5.74, 6) is 0.530. The molecule has 2 aromatic rings. The van der Waals surface area contributed by atoms with Crippen LogP contribution in [0.4, 0.5) is 0 Å². The Morgan fingerprint density at radius 3 is 3.06 bits per heavy atom. The third kappa shape index (κ3) is 2.79. The third-order valence-corrected chi connectivity index (χ3v) is 2.52. The number of pyridine rings is 1. The van der Waals surface area contributed by atoms with E-state index in [-0.39, 0.29) is 5.56 Å². The Bertz CT molecular complexity index is 633. The second-order valence-corrected chi connectivity index (χ2v) is 3.89. The summed E-state index contributed by atoms with van der Waals surface area (Å²) in [6.07, 6.45) is 3.77. The van der Waals surface area contributed by atoms with Crippen LogP contribution in [0.5, 0.6) is 5.88 Å². The van der Waals surface area contributed by atoms with Gasteiger partial charge in [0.25, 0.3) is 5.56 Å². The largest absolute Gasteiger partial charge is 0.481 e. The summed E-state index contributed by atoms with van der Waals surface area (Å²) >= 11 is 4.82. The first-order valence-corrected chi connectivity index (χ1v) is 5.39. The Kier molecular flexibility index (Phi) is 3.34. The Labute approximate surface area is 103 Å². The molecule has 2 rings (SSSR count). The highest BCUT2D eigenvalue weighted by molar-refractivity contribution is 7.71. The molecule has 0 aliphatic carbocycles. The van der Waals surface area contributed by atoms with Crippen LogP contribution < -0.4 is 10.3 Å². The van der Waals surface area contributed by atoms with E-state index in [9.17, 15) is 4.79 Å². The van der Waals surface area contributed by atoms with Crippen molar-refractivity contribution in [2.24, 2.45) is 0 Å². The highest BCUT2D eigenvalue weighted by atomic mass is 32.1. The zero-order valence-electron chi connectivity index (χ0n) is 9.19. The van der Waals surface area contributed by atoms with Crippen LogP contribution in [0.1, 0.15) is 11.1 Å². The standard InChI is InChI=1S/C11H11N3O2S/c1-16-9-5-7(2-3-12-9)4-8-6-13-11(17)14-10(8)15/h2-3,5-6H,4H2,1H3,(H2,13,14,15,17). The van der Waals surface area contributed by atoms with E-state index in [0.717, 1.165) is 5.56 Å². The van der Waals surface area contributed by atoms with Crippen LogP contribution in [-0.4, -0.2) is 22.1 Å². The van der Waals surface area contributed by atoms with E-state index in [1.165, 1.54) is 0 Å². The summed E-state index contributed by atoms with van der Waals surface area (Å²) in [5.41, 5.74) is 1.39.